The first kappa shape index (κ1) is 12.8. The Kier molecular flexibility index (Phi) is 4.11. The van der Waals surface area contributed by atoms with Crippen molar-refractivity contribution in [1.29, 1.82) is 0 Å². The van der Waals surface area contributed by atoms with Gasteiger partial charge in [-0.15, -0.1) is 22.7 Å². The molecule has 0 aliphatic rings. The fourth-order valence-electron chi connectivity index (χ4n) is 1.34. The molecular weight excluding hydrogens is 270 g/mol. The average Bonchev–Trinajstić information content (AvgIpc) is 3.05. The van der Waals surface area contributed by atoms with Crippen molar-refractivity contribution in [2.24, 2.45) is 0 Å². The van der Waals surface area contributed by atoms with Crippen LogP contribution in [0.25, 0.3) is 0 Å². The minimum atomic E-state index is -0.419. The molecule has 0 aromatic carbocycles. The van der Waals surface area contributed by atoms with E-state index in [1.807, 2.05) is 17.5 Å². The summed E-state index contributed by atoms with van der Waals surface area (Å²) >= 11 is 2.72. The van der Waals surface area contributed by atoms with Crippen LogP contribution in [-0.2, 0) is 11.3 Å². The molecule has 0 fully saturated rings. The summed E-state index contributed by atoms with van der Waals surface area (Å²) in [7, 11) is 1.32. The van der Waals surface area contributed by atoms with Crippen molar-refractivity contribution in [2.45, 2.75) is 6.54 Å². The predicted octanol–water partition coefficient (Wildman–Crippen LogP) is 2.53. The van der Waals surface area contributed by atoms with Gasteiger partial charge in [0.2, 0.25) is 0 Å². The van der Waals surface area contributed by atoms with Crippen molar-refractivity contribution >= 4 is 34.6 Å². The Morgan fingerprint density at radius 1 is 1.28 bits per heavy atom. The third kappa shape index (κ3) is 2.96. The lowest BCUT2D eigenvalue weighted by atomic mass is 10.4. The Labute approximate surface area is 112 Å². The number of carbonyl (C=O) groups is 2. The number of carbonyl (C=O) groups excluding carboxylic acids is 2. The monoisotopic (exact) mass is 281 g/mol. The van der Waals surface area contributed by atoms with Gasteiger partial charge in [-0.1, -0.05) is 6.07 Å². The minimum Gasteiger partial charge on any atom is -0.465 e. The normalized spacial score (nSPS) is 10.1. The molecule has 18 heavy (non-hydrogen) atoms. The maximum Gasteiger partial charge on any atom is 0.348 e. The van der Waals surface area contributed by atoms with Gasteiger partial charge in [-0.25, -0.2) is 4.79 Å². The average molecular weight is 281 g/mol. The van der Waals surface area contributed by atoms with Crippen LogP contribution >= 0.6 is 22.7 Å². The minimum absolute atomic E-state index is 0.177. The Hall–Kier alpha value is -1.66. The number of esters is 1. The summed E-state index contributed by atoms with van der Waals surface area (Å²) in [5.41, 5.74) is 0. The first-order chi connectivity index (χ1) is 8.70. The number of ether oxygens (including phenoxy) is 1. The Bertz CT molecular complexity index is 545. The maximum atomic E-state index is 11.8. The molecule has 6 heteroatoms. The van der Waals surface area contributed by atoms with Crippen LogP contribution in [0.5, 0.6) is 0 Å². The molecule has 0 bridgehead atoms. The first-order valence-corrected chi connectivity index (χ1v) is 6.89. The summed E-state index contributed by atoms with van der Waals surface area (Å²) < 4.78 is 4.59. The van der Waals surface area contributed by atoms with Crippen LogP contribution in [0.1, 0.15) is 24.2 Å². The number of amides is 1. The van der Waals surface area contributed by atoms with Crippen LogP contribution in [0.3, 0.4) is 0 Å². The molecule has 0 atom stereocenters. The van der Waals surface area contributed by atoms with Crippen LogP contribution in [0.15, 0.2) is 29.6 Å². The van der Waals surface area contributed by atoms with Crippen LogP contribution in [0, 0.1) is 0 Å². The van der Waals surface area contributed by atoms with E-state index in [1.165, 1.54) is 7.11 Å². The molecule has 0 aliphatic carbocycles. The molecule has 0 saturated carbocycles. The number of nitrogens with one attached hydrogen (secondary N) is 1. The van der Waals surface area contributed by atoms with E-state index in [4.69, 9.17) is 0 Å². The van der Waals surface area contributed by atoms with Gasteiger partial charge in [0.25, 0.3) is 5.91 Å². The van der Waals surface area contributed by atoms with Crippen molar-refractivity contribution in [3.8, 4) is 0 Å². The summed E-state index contributed by atoms with van der Waals surface area (Å²) in [5.74, 6) is -0.596. The highest BCUT2D eigenvalue weighted by Crippen LogP contribution is 2.17. The van der Waals surface area contributed by atoms with E-state index in [-0.39, 0.29) is 5.91 Å². The van der Waals surface area contributed by atoms with E-state index in [0.29, 0.717) is 16.3 Å². The fourth-order valence-corrected chi connectivity index (χ4v) is 2.82. The van der Waals surface area contributed by atoms with Crippen LogP contribution < -0.4 is 5.32 Å². The smallest absolute Gasteiger partial charge is 0.348 e. The van der Waals surface area contributed by atoms with Gasteiger partial charge in [0.05, 0.1) is 18.5 Å². The van der Waals surface area contributed by atoms with Gasteiger partial charge in [-0.05, 0) is 23.6 Å². The van der Waals surface area contributed by atoms with Crippen LogP contribution in [0.2, 0.25) is 0 Å². The molecule has 4 nitrogen and oxygen atoms in total. The molecule has 2 heterocycles. The van der Waals surface area contributed by atoms with E-state index in [0.717, 1.165) is 16.2 Å². The highest BCUT2D eigenvalue weighted by Gasteiger charge is 2.13. The third-order valence-electron chi connectivity index (χ3n) is 2.22. The van der Waals surface area contributed by atoms with Crippen molar-refractivity contribution in [1.82, 2.24) is 5.32 Å². The molecule has 2 aromatic heterocycles. The second-order valence-electron chi connectivity index (χ2n) is 3.42. The summed E-state index contributed by atoms with van der Waals surface area (Å²) in [6.45, 7) is 0.502. The molecule has 2 aromatic rings. The second-order valence-corrected chi connectivity index (χ2v) is 5.53. The Morgan fingerprint density at radius 3 is 2.72 bits per heavy atom. The van der Waals surface area contributed by atoms with Crippen molar-refractivity contribution in [2.75, 3.05) is 7.11 Å². The number of hydrogen-bond donors (Lipinski definition) is 1. The van der Waals surface area contributed by atoms with Gasteiger partial charge in [-0.3, -0.25) is 4.79 Å². The number of thiophene rings is 2. The molecular formula is C12H11NO3S2. The van der Waals surface area contributed by atoms with E-state index >= 15 is 0 Å². The molecule has 94 valence electrons. The standard InChI is InChI=1S/C12H11NO3S2/c1-16-12(15)10-5-4-9(18-10)11(14)13-7-8-3-2-6-17-8/h2-6H,7H2,1H3,(H,13,14). The van der Waals surface area contributed by atoms with E-state index in [2.05, 4.69) is 10.1 Å². The van der Waals surface area contributed by atoms with Gasteiger partial charge in [-0.2, -0.15) is 0 Å². The zero-order chi connectivity index (χ0) is 13.0. The zero-order valence-corrected chi connectivity index (χ0v) is 11.3. The number of methoxy groups -OCH3 is 1. The Morgan fingerprint density at radius 2 is 2.06 bits per heavy atom. The number of rotatable bonds is 4. The summed E-state index contributed by atoms with van der Waals surface area (Å²) in [5, 5.41) is 4.76. The van der Waals surface area contributed by atoms with Gasteiger partial charge in [0.1, 0.15) is 4.88 Å². The van der Waals surface area contributed by atoms with Crippen molar-refractivity contribution in [3.05, 3.63) is 44.3 Å². The van der Waals surface area contributed by atoms with Crippen LogP contribution in [0.4, 0.5) is 0 Å². The summed E-state index contributed by atoms with van der Waals surface area (Å²) in [6.07, 6.45) is 0. The highest BCUT2D eigenvalue weighted by molar-refractivity contribution is 7.15. The summed E-state index contributed by atoms with van der Waals surface area (Å²) in [6, 6.07) is 7.11. The maximum absolute atomic E-state index is 11.8. The first-order valence-electron chi connectivity index (χ1n) is 5.19. The topological polar surface area (TPSA) is 55.4 Å². The molecule has 0 unspecified atom stereocenters. The SMILES string of the molecule is COC(=O)c1ccc(C(=O)NCc2cccs2)s1. The predicted molar refractivity (Wildman–Crippen MR) is 71.1 cm³/mol. The number of hydrogen-bond acceptors (Lipinski definition) is 5. The van der Waals surface area contributed by atoms with Gasteiger partial charge < -0.3 is 10.1 Å². The zero-order valence-electron chi connectivity index (χ0n) is 9.64. The van der Waals surface area contributed by atoms with Crippen molar-refractivity contribution < 1.29 is 14.3 Å². The molecule has 0 radical (unpaired) electrons. The molecule has 0 spiro atoms. The lowest BCUT2D eigenvalue weighted by Crippen LogP contribution is -2.21. The van der Waals surface area contributed by atoms with E-state index < -0.39 is 5.97 Å². The largest absolute Gasteiger partial charge is 0.465 e. The molecule has 0 saturated heterocycles. The quantitative estimate of drug-likeness (QED) is 0.876. The van der Waals surface area contributed by atoms with Gasteiger partial charge in [0.15, 0.2) is 0 Å². The lowest BCUT2D eigenvalue weighted by molar-refractivity contribution is 0.0606. The Balaban J connectivity index is 1.96. The van der Waals surface area contributed by atoms with Crippen molar-refractivity contribution in [3.63, 3.8) is 0 Å². The molecule has 2 rings (SSSR count). The molecule has 1 N–H and O–H groups in total. The lowest BCUT2D eigenvalue weighted by Gasteiger charge is -2.00. The van der Waals surface area contributed by atoms with E-state index in [1.54, 1.807) is 23.5 Å². The highest BCUT2D eigenvalue weighted by atomic mass is 32.1. The molecule has 1 amide bonds. The van der Waals surface area contributed by atoms with Gasteiger partial charge in [0, 0.05) is 4.88 Å². The van der Waals surface area contributed by atoms with E-state index in [9.17, 15) is 9.59 Å². The van der Waals surface area contributed by atoms with Crippen LogP contribution in [-0.4, -0.2) is 19.0 Å². The third-order valence-corrected chi connectivity index (χ3v) is 4.16. The van der Waals surface area contributed by atoms with Gasteiger partial charge >= 0.3 is 5.97 Å². The fraction of sp³-hybridized carbons (Fsp3) is 0.167. The second kappa shape index (κ2) is 5.79. The molecule has 0 aliphatic heterocycles. The summed E-state index contributed by atoms with van der Waals surface area (Å²) in [4.78, 5) is 25.1.